The van der Waals surface area contributed by atoms with Crippen molar-refractivity contribution < 1.29 is 12.9 Å². The normalized spacial score (nSPS) is 14.2. The molecule has 0 aromatic carbocycles. The highest BCUT2D eigenvalue weighted by Gasteiger charge is 1.93. The minimum atomic E-state index is -2.11. The molecule has 56 valence electrons. The monoisotopic (exact) mass is 153 g/mol. The lowest BCUT2D eigenvalue weighted by molar-refractivity contribution is 0.259. The van der Waals surface area contributed by atoms with Crippen LogP contribution in [0.25, 0.3) is 0 Å². The maximum absolute atomic E-state index is 9.85. The van der Waals surface area contributed by atoms with Crippen LogP contribution in [0.15, 0.2) is 0 Å². The van der Waals surface area contributed by atoms with E-state index in [9.17, 15) is 4.21 Å². The Kier molecular flexibility index (Phi) is 4.88. The maximum atomic E-state index is 9.85. The van der Waals surface area contributed by atoms with Crippen LogP contribution >= 0.6 is 0 Å². The second-order valence-electron chi connectivity index (χ2n) is 1.84. The van der Waals surface area contributed by atoms with Gasteiger partial charge in [-0.1, -0.05) is 0 Å². The van der Waals surface area contributed by atoms with Gasteiger partial charge in [0.1, 0.15) is 0 Å². The van der Waals surface area contributed by atoms with E-state index in [2.05, 4.69) is 4.18 Å². The molecule has 0 fully saturated rings. The van der Waals surface area contributed by atoms with Crippen molar-refractivity contribution in [3.05, 3.63) is 0 Å². The number of likely N-dealkylation sites (N-methyl/N-ethyl adjacent to an activating group) is 1. The zero-order valence-corrected chi connectivity index (χ0v) is 6.35. The molecule has 0 aliphatic heterocycles. The highest BCUT2D eigenvalue weighted by atomic mass is 32.2. The van der Waals surface area contributed by atoms with E-state index in [1.807, 2.05) is 19.0 Å². The fraction of sp³-hybridized carbons (Fsp3) is 1.00. The first-order valence-electron chi connectivity index (χ1n) is 2.52. The predicted molar refractivity (Wildman–Crippen MR) is 35.3 cm³/mol. The van der Waals surface area contributed by atoms with Gasteiger partial charge in [0.25, 0.3) is 0 Å². The Bertz CT molecular complexity index is 95.8. The third-order valence-electron chi connectivity index (χ3n) is 0.723. The van der Waals surface area contributed by atoms with E-state index in [0.717, 1.165) is 0 Å². The first kappa shape index (κ1) is 9.03. The number of hydrogen-bond donors (Lipinski definition) is 1. The Labute approximate surface area is 57.3 Å². The first-order chi connectivity index (χ1) is 4.13. The fourth-order valence-electron chi connectivity index (χ4n) is 0.291. The zero-order valence-electron chi connectivity index (χ0n) is 5.53. The van der Waals surface area contributed by atoms with Crippen LogP contribution in [-0.2, 0) is 15.5 Å². The van der Waals surface area contributed by atoms with Gasteiger partial charge >= 0.3 is 11.4 Å². The van der Waals surface area contributed by atoms with Crippen molar-refractivity contribution in [3.63, 3.8) is 0 Å². The Morgan fingerprint density at radius 3 is 2.56 bits per heavy atom. The Balaban J connectivity index is 3.01. The molecule has 0 saturated heterocycles. The van der Waals surface area contributed by atoms with Gasteiger partial charge in [-0.05, 0) is 14.1 Å². The molecule has 1 atom stereocenters. The van der Waals surface area contributed by atoms with Gasteiger partial charge in [0, 0.05) is 6.54 Å². The van der Waals surface area contributed by atoms with E-state index < -0.39 is 11.4 Å². The summed E-state index contributed by atoms with van der Waals surface area (Å²) in [6.45, 7) is 0.947. The largest absolute Gasteiger partial charge is 0.307 e. The van der Waals surface area contributed by atoms with Crippen LogP contribution in [0.4, 0.5) is 0 Å². The van der Waals surface area contributed by atoms with E-state index >= 15 is 0 Å². The predicted octanol–water partition coefficient (Wildman–Crippen LogP) is -0.299. The van der Waals surface area contributed by atoms with Gasteiger partial charge in [-0.25, -0.2) is 0 Å². The summed E-state index contributed by atoms with van der Waals surface area (Å²) < 4.78 is 22.3. The third-order valence-corrected chi connectivity index (χ3v) is 1.09. The van der Waals surface area contributed by atoms with Crippen LogP contribution in [0.3, 0.4) is 0 Å². The van der Waals surface area contributed by atoms with E-state index in [4.69, 9.17) is 4.55 Å². The van der Waals surface area contributed by atoms with Crippen molar-refractivity contribution in [3.8, 4) is 0 Å². The fourth-order valence-corrected chi connectivity index (χ4v) is 0.508. The summed E-state index contributed by atoms with van der Waals surface area (Å²) in [7, 11) is 3.73. The summed E-state index contributed by atoms with van der Waals surface area (Å²) in [5, 5.41) is 0. The van der Waals surface area contributed by atoms with Crippen molar-refractivity contribution in [2.24, 2.45) is 0 Å². The van der Waals surface area contributed by atoms with Crippen molar-refractivity contribution in [1.29, 1.82) is 0 Å². The first-order valence-corrected chi connectivity index (χ1v) is 3.55. The second-order valence-corrected chi connectivity index (χ2v) is 2.51. The van der Waals surface area contributed by atoms with Gasteiger partial charge in [0.2, 0.25) is 0 Å². The van der Waals surface area contributed by atoms with Gasteiger partial charge in [0.15, 0.2) is 0 Å². The average Bonchev–Trinajstić information content (AvgIpc) is 1.63. The molecule has 0 radical (unpaired) electrons. The summed E-state index contributed by atoms with van der Waals surface area (Å²) in [6.07, 6.45) is 0. The minimum absolute atomic E-state index is 0.288. The molecule has 9 heavy (non-hydrogen) atoms. The van der Waals surface area contributed by atoms with Gasteiger partial charge in [-0.15, -0.1) is 0 Å². The van der Waals surface area contributed by atoms with Crippen LogP contribution in [0.2, 0.25) is 0 Å². The van der Waals surface area contributed by atoms with Gasteiger partial charge < -0.3 is 4.90 Å². The molecule has 0 aliphatic rings. The molecule has 0 rings (SSSR count). The molecule has 5 heteroatoms. The smallest absolute Gasteiger partial charge is 0.301 e. The lowest BCUT2D eigenvalue weighted by Crippen LogP contribution is -2.18. The van der Waals surface area contributed by atoms with Crippen molar-refractivity contribution in [1.82, 2.24) is 4.90 Å². The van der Waals surface area contributed by atoms with Crippen LogP contribution in [0, 0.1) is 0 Å². The second kappa shape index (κ2) is 4.87. The number of nitrogens with zero attached hydrogens (tertiary/aromatic N) is 1. The van der Waals surface area contributed by atoms with Crippen LogP contribution in [0.1, 0.15) is 0 Å². The van der Waals surface area contributed by atoms with E-state index in [1.54, 1.807) is 0 Å². The summed E-state index contributed by atoms with van der Waals surface area (Å²) in [6, 6.07) is 0. The summed E-state index contributed by atoms with van der Waals surface area (Å²) in [5.74, 6) is 0. The molecule has 1 N–H and O–H groups in total. The molecule has 0 aromatic heterocycles. The SMILES string of the molecule is CN(C)CCOS(=O)O. The summed E-state index contributed by atoms with van der Waals surface area (Å²) in [5.41, 5.74) is 0. The zero-order chi connectivity index (χ0) is 7.28. The maximum Gasteiger partial charge on any atom is 0.301 e. The number of hydrogen-bond acceptors (Lipinski definition) is 3. The van der Waals surface area contributed by atoms with Crippen molar-refractivity contribution >= 4 is 11.4 Å². The van der Waals surface area contributed by atoms with Crippen molar-refractivity contribution in [2.75, 3.05) is 27.2 Å². The Hall–Kier alpha value is 0.0300. The van der Waals surface area contributed by atoms with Crippen LogP contribution in [-0.4, -0.2) is 40.9 Å². The topological polar surface area (TPSA) is 49.8 Å². The third kappa shape index (κ3) is 8.03. The highest BCUT2D eigenvalue weighted by Crippen LogP contribution is 1.80. The molecule has 0 spiro atoms. The van der Waals surface area contributed by atoms with Gasteiger partial charge in [-0.3, -0.25) is 8.74 Å². The Morgan fingerprint density at radius 2 is 2.22 bits per heavy atom. The molecular weight excluding hydrogens is 142 g/mol. The molecule has 0 heterocycles. The van der Waals surface area contributed by atoms with E-state index in [0.29, 0.717) is 6.54 Å². The molecule has 0 saturated carbocycles. The Morgan fingerprint density at radius 1 is 1.67 bits per heavy atom. The molecule has 4 nitrogen and oxygen atoms in total. The van der Waals surface area contributed by atoms with E-state index in [-0.39, 0.29) is 6.61 Å². The van der Waals surface area contributed by atoms with Crippen LogP contribution in [0.5, 0.6) is 0 Å². The lowest BCUT2D eigenvalue weighted by Gasteiger charge is -2.06. The molecular formula is C4H11NO3S. The molecule has 1 unspecified atom stereocenters. The van der Waals surface area contributed by atoms with E-state index in [1.165, 1.54) is 0 Å². The standard InChI is InChI=1S/C4H11NO3S/c1-5(2)3-4-8-9(6)7/h3-4H2,1-2H3,(H,6,7). The molecule has 0 aromatic rings. The molecule has 0 bridgehead atoms. The number of rotatable bonds is 4. The van der Waals surface area contributed by atoms with Crippen LogP contribution < -0.4 is 0 Å². The highest BCUT2D eigenvalue weighted by molar-refractivity contribution is 7.74. The van der Waals surface area contributed by atoms with Gasteiger partial charge in [0.05, 0.1) is 6.61 Å². The molecule has 0 aliphatic carbocycles. The summed E-state index contributed by atoms with van der Waals surface area (Å²) in [4.78, 5) is 1.87. The quantitative estimate of drug-likeness (QED) is 0.563. The van der Waals surface area contributed by atoms with Gasteiger partial charge in [-0.2, -0.15) is 4.21 Å². The minimum Gasteiger partial charge on any atom is -0.307 e. The van der Waals surface area contributed by atoms with Crippen molar-refractivity contribution in [2.45, 2.75) is 0 Å². The lowest BCUT2D eigenvalue weighted by atomic mass is 10.6. The molecule has 0 amide bonds. The average molecular weight is 153 g/mol. The summed E-state index contributed by atoms with van der Waals surface area (Å²) >= 11 is -2.11.